The fourth-order valence-electron chi connectivity index (χ4n) is 3.15. The van der Waals surface area contributed by atoms with Crippen molar-refractivity contribution in [3.05, 3.63) is 11.4 Å². The largest absolute Gasteiger partial charge is 0.244 e. The van der Waals surface area contributed by atoms with Crippen LogP contribution in [0.25, 0.3) is 0 Å². The molecule has 3 heteroatoms. The minimum Gasteiger partial charge on any atom is -0.244 e. The summed E-state index contributed by atoms with van der Waals surface area (Å²) < 4.78 is 2.15. The van der Waals surface area contributed by atoms with Crippen LogP contribution in [0.5, 0.6) is 0 Å². The van der Waals surface area contributed by atoms with E-state index in [1.165, 1.54) is 30.7 Å². The lowest BCUT2D eigenvalue weighted by Gasteiger charge is -2.32. The van der Waals surface area contributed by atoms with Gasteiger partial charge in [0.25, 0.3) is 0 Å². The molecule has 0 bridgehead atoms. The van der Waals surface area contributed by atoms with Gasteiger partial charge in [0.15, 0.2) is 0 Å². The Hall–Kier alpha value is -0.860. The minimum atomic E-state index is 0.0387. The van der Waals surface area contributed by atoms with Gasteiger partial charge in [0, 0.05) is 0 Å². The van der Waals surface area contributed by atoms with Crippen molar-refractivity contribution >= 4 is 0 Å². The summed E-state index contributed by atoms with van der Waals surface area (Å²) in [5, 5.41) is 8.83. The van der Waals surface area contributed by atoms with Gasteiger partial charge in [0.2, 0.25) is 0 Å². The summed E-state index contributed by atoms with van der Waals surface area (Å²) in [6, 6.07) is 0. The first-order valence-corrected chi connectivity index (χ1v) is 7.63. The first-order chi connectivity index (χ1) is 8.69. The van der Waals surface area contributed by atoms with E-state index in [1.54, 1.807) is 0 Å². The molecule has 0 saturated heterocycles. The molecule has 0 aliphatic heterocycles. The fraction of sp³-hybridized carbons (Fsp3) is 0.875. The summed E-state index contributed by atoms with van der Waals surface area (Å²) in [5.41, 5.74) is 3.07. The van der Waals surface area contributed by atoms with E-state index in [2.05, 4.69) is 56.5 Å². The van der Waals surface area contributed by atoms with Crippen LogP contribution in [0.4, 0.5) is 0 Å². The quantitative estimate of drug-likeness (QED) is 0.709. The van der Waals surface area contributed by atoms with Gasteiger partial charge >= 0.3 is 0 Å². The van der Waals surface area contributed by atoms with E-state index in [0.29, 0.717) is 5.41 Å². The Balaban J connectivity index is 2.25. The Bertz CT molecular complexity index is 432. The van der Waals surface area contributed by atoms with E-state index in [0.717, 1.165) is 18.8 Å². The van der Waals surface area contributed by atoms with Crippen molar-refractivity contribution in [1.82, 2.24) is 15.0 Å². The maximum atomic E-state index is 4.43. The Kier molecular flexibility index (Phi) is 3.76. The highest BCUT2D eigenvalue weighted by Gasteiger charge is 2.29. The van der Waals surface area contributed by atoms with Gasteiger partial charge in [-0.2, -0.15) is 0 Å². The molecule has 108 valence electrons. The van der Waals surface area contributed by atoms with Crippen molar-refractivity contribution in [1.29, 1.82) is 0 Å². The van der Waals surface area contributed by atoms with Crippen LogP contribution >= 0.6 is 0 Å². The fourth-order valence-corrected chi connectivity index (χ4v) is 3.15. The molecule has 3 nitrogen and oxygen atoms in total. The zero-order valence-corrected chi connectivity index (χ0v) is 13.5. The SMILES string of the molecule is CC(C)(C)C1CCCc2nnn(C(C)(C)C)c2CC1. The van der Waals surface area contributed by atoms with Gasteiger partial charge in [-0.1, -0.05) is 26.0 Å². The summed E-state index contributed by atoms with van der Waals surface area (Å²) in [5.74, 6) is 0.809. The smallest absolute Gasteiger partial charge is 0.0859 e. The maximum Gasteiger partial charge on any atom is 0.0859 e. The van der Waals surface area contributed by atoms with Crippen LogP contribution in [0, 0.1) is 11.3 Å². The standard InChI is InChI=1S/C16H29N3/c1-15(2,3)12-8-7-9-13-14(11-10-12)19(18-17-13)16(4,5)6/h12H,7-11H2,1-6H3. The molecule has 1 aliphatic rings. The lowest BCUT2D eigenvalue weighted by molar-refractivity contribution is 0.202. The number of nitrogens with zero attached hydrogens (tertiary/aromatic N) is 3. The van der Waals surface area contributed by atoms with E-state index in [4.69, 9.17) is 0 Å². The van der Waals surface area contributed by atoms with E-state index in [1.807, 2.05) is 0 Å². The van der Waals surface area contributed by atoms with Crippen LogP contribution in [-0.2, 0) is 18.4 Å². The van der Waals surface area contributed by atoms with Gasteiger partial charge in [0.05, 0.1) is 16.9 Å². The van der Waals surface area contributed by atoms with E-state index in [-0.39, 0.29) is 5.54 Å². The summed E-state index contributed by atoms with van der Waals surface area (Å²) in [6.07, 6.45) is 6.06. The molecule has 0 saturated carbocycles. The maximum absolute atomic E-state index is 4.43. The van der Waals surface area contributed by atoms with Crippen molar-refractivity contribution in [2.75, 3.05) is 0 Å². The molecule has 1 aliphatic carbocycles. The number of rotatable bonds is 0. The van der Waals surface area contributed by atoms with Gasteiger partial charge in [-0.3, -0.25) is 0 Å². The predicted octanol–water partition coefficient (Wildman–Crippen LogP) is 3.96. The first kappa shape index (κ1) is 14.5. The Labute approximate surface area is 117 Å². The molecule has 1 atom stereocenters. The second-order valence-corrected chi connectivity index (χ2v) is 8.06. The first-order valence-electron chi connectivity index (χ1n) is 7.63. The molecule has 0 spiro atoms. The molecule has 1 unspecified atom stereocenters. The van der Waals surface area contributed by atoms with Gasteiger partial charge in [0.1, 0.15) is 0 Å². The van der Waals surface area contributed by atoms with Crippen LogP contribution in [-0.4, -0.2) is 15.0 Å². The highest BCUT2D eigenvalue weighted by Crippen LogP contribution is 2.36. The monoisotopic (exact) mass is 263 g/mol. The van der Waals surface area contributed by atoms with Crippen molar-refractivity contribution in [2.24, 2.45) is 11.3 Å². The number of fused-ring (bicyclic) bond motifs is 1. The number of hydrogen-bond acceptors (Lipinski definition) is 2. The third-order valence-electron chi connectivity index (χ3n) is 4.40. The molecular weight excluding hydrogens is 234 g/mol. The Morgan fingerprint density at radius 3 is 2.26 bits per heavy atom. The molecule has 0 amide bonds. The molecule has 19 heavy (non-hydrogen) atoms. The molecule has 0 N–H and O–H groups in total. The third-order valence-corrected chi connectivity index (χ3v) is 4.40. The molecule has 1 heterocycles. The second-order valence-electron chi connectivity index (χ2n) is 8.06. The van der Waals surface area contributed by atoms with Crippen molar-refractivity contribution < 1.29 is 0 Å². The molecule has 0 radical (unpaired) electrons. The Morgan fingerprint density at radius 2 is 1.68 bits per heavy atom. The average Bonchev–Trinajstić information content (AvgIpc) is 2.57. The lowest BCUT2D eigenvalue weighted by Crippen LogP contribution is -2.28. The molecule has 1 aromatic rings. The van der Waals surface area contributed by atoms with E-state index >= 15 is 0 Å². The Morgan fingerprint density at radius 1 is 1.00 bits per heavy atom. The van der Waals surface area contributed by atoms with Crippen LogP contribution < -0.4 is 0 Å². The summed E-state index contributed by atoms with van der Waals surface area (Å²) in [6.45, 7) is 13.8. The third kappa shape index (κ3) is 3.18. The number of aryl methyl sites for hydroxylation is 1. The van der Waals surface area contributed by atoms with Gasteiger partial charge < -0.3 is 0 Å². The normalized spacial score (nSPS) is 21.7. The molecule has 2 rings (SSSR count). The van der Waals surface area contributed by atoms with Crippen LogP contribution in [0.3, 0.4) is 0 Å². The van der Waals surface area contributed by atoms with E-state index < -0.39 is 0 Å². The molecule has 0 aromatic carbocycles. The van der Waals surface area contributed by atoms with Gasteiger partial charge in [-0.05, 0) is 64.2 Å². The van der Waals surface area contributed by atoms with Crippen LogP contribution in [0.2, 0.25) is 0 Å². The zero-order valence-electron chi connectivity index (χ0n) is 13.5. The van der Waals surface area contributed by atoms with Gasteiger partial charge in [-0.15, -0.1) is 5.10 Å². The molecule has 0 fully saturated rings. The van der Waals surface area contributed by atoms with Crippen LogP contribution in [0.1, 0.15) is 72.2 Å². The minimum absolute atomic E-state index is 0.0387. The zero-order chi connectivity index (χ0) is 14.3. The average molecular weight is 263 g/mol. The van der Waals surface area contributed by atoms with Crippen molar-refractivity contribution in [3.63, 3.8) is 0 Å². The number of aromatic nitrogens is 3. The predicted molar refractivity (Wildman–Crippen MR) is 79.2 cm³/mol. The topological polar surface area (TPSA) is 30.7 Å². The van der Waals surface area contributed by atoms with E-state index in [9.17, 15) is 0 Å². The summed E-state index contributed by atoms with van der Waals surface area (Å²) >= 11 is 0. The van der Waals surface area contributed by atoms with Gasteiger partial charge in [-0.25, -0.2) is 4.68 Å². The highest BCUT2D eigenvalue weighted by molar-refractivity contribution is 5.13. The van der Waals surface area contributed by atoms with Crippen molar-refractivity contribution in [3.8, 4) is 0 Å². The molecule has 1 aromatic heterocycles. The number of hydrogen-bond donors (Lipinski definition) is 0. The lowest BCUT2D eigenvalue weighted by atomic mass is 9.74. The second kappa shape index (κ2) is 4.92. The van der Waals surface area contributed by atoms with Crippen molar-refractivity contribution in [2.45, 2.75) is 79.2 Å². The summed E-state index contributed by atoms with van der Waals surface area (Å²) in [4.78, 5) is 0. The highest BCUT2D eigenvalue weighted by atomic mass is 15.5. The molecular formula is C16H29N3. The summed E-state index contributed by atoms with van der Waals surface area (Å²) in [7, 11) is 0. The van der Waals surface area contributed by atoms with Crippen LogP contribution in [0.15, 0.2) is 0 Å².